The van der Waals surface area contributed by atoms with Crippen LogP contribution in [-0.2, 0) is 4.79 Å². The van der Waals surface area contributed by atoms with Crippen LogP contribution in [0.5, 0.6) is 5.75 Å². The minimum absolute atomic E-state index is 0.000574. The number of nitrogens with one attached hydrogen (secondary N) is 1. The second-order valence-electron chi connectivity index (χ2n) is 3.26. The van der Waals surface area contributed by atoms with E-state index in [9.17, 15) is 9.59 Å². The van der Waals surface area contributed by atoms with Crippen molar-refractivity contribution >= 4 is 11.7 Å². The Labute approximate surface area is 94.6 Å². The topological polar surface area (TPSA) is 55.4 Å². The summed E-state index contributed by atoms with van der Waals surface area (Å²) in [4.78, 5) is 22.4. The van der Waals surface area contributed by atoms with Gasteiger partial charge in [0, 0.05) is 6.92 Å². The number of hydrogen-bond acceptors (Lipinski definition) is 3. The Hall–Kier alpha value is -1.84. The molecule has 0 unspecified atom stereocenters. The van der Waals surface area contributed by atoms with E-state index in [1.807, 2.05) is 6.92 Å². The number of carbonyl (C=O) groups excluding carboxylic acids is 2. The summed E-state index contributed by atoms with van der Waals surface area (Å²) in [7, 11) is 0. The number of carbonyl (C=O) groups is 2. The lowest BCUT2D eigenvalue weighted by molar-refractivity contribution is -0.118. The molecule has 0 saturated heterocycles. The number of ketones is 1. The minimum Gasteiger partial charge on any atom is -0.493 e. The second-order valence-corrected chi connectivity index (χ2v) is 3.26. The lowest BCUT2D eigenvalue weighted by Gasteiger charge is -2.08. The molecule has 0 aliphatic heterocycles. The van der Waals surface area contributed by atoms with Gasteiger partial charge in [-0.2, -0.15) is 0 Å². The van der Waals surface area contributed by atoms with Crippen LogP contribution in [0.25, 0.3) is 0 Å². The Bertz CT molecular complexity index is 388. The third-order valence-electron chi connectivity index (χ3n) is 1.99. The molecule has 0 aliphatic carbocycles. The molecule has 1 aromatic rings. The minimum atomic E-state index is -0.220. The molecule has 0 spiro atoms. The van der Waals surface area contributed by atoms with Crippen LogP contribution in [0.15, 0.2) is 24.3 Å². The Kier molecular flexibility index (Phi) is 4.51. The Balaban J connectivity index is 2.77. The molecule has 0 aliphatic rings. The molecule has 4 heteroatoms. The maximum Gasteiger partial charge on any atom is 0.217 e. The van der Waals surface area contributed by atoms with E-state index in [4.69, 9.17) is 4.74 Å². The van der Waals surface area contributed by atoms with Gasteiger partial charge in [0.2, 0.25) is 5.91 Å². The Morgan fingerprint density at radius 1 is 1.31 bits per heavy atom. The zero-order chi connectivity index (χ0) is 12.0. The molecule has 1 amide bonds. The zero-order valence-electron chi connectivity index (χ0n) is 9.45. The van der Waals surface area contributed by atoms with Gasteiger partial charge < -0.3 is 10.1 Å². The highest BCUT2D eigenvalue weighted by Gasteiger charge is 2.11. The molecule has 0 saturated carbocycles. The molecule has 0 aromatic heterocycles. The molecule has 0 heterocycles. The fraction of sp³-hybridized carbons (Fsp3) is 0.333. The van der Waals surface area contributed by atoms with E-state index in [1.165, 1.54) is 6.92 Å². The van der Waals surface area contributed by atoms with Crippen molar-refractivity contribution in [1.82, 2.24) is 5.32 Å². The van der Waals surface area contributed by atoms with Gasteiger partial charge >= 0.3 is 0 Å². The van der Waals surface area contributed by atoms with Crippen LogP contribution in [0.1, 0.15) is 24.2 Å². The number of rotatable bonds is 5. The number of benzene rings is 1. The standard InChI is InChI=1S/C12H15NO3/c1-3-16-12-7-5-4-6-10(12)11(15)8-13-9(2)14/h4-7H,3,8H2,1-2H3,(H,13,14). The Morgan fingerprint density at radius 2 is 2.00 bits per heavy atom. The zero-order valence-corrected chi connectivity index (χ0v) is 9.45. The SMILES string of the molecule is CCOc1ccccc1C(=O)CNC(C)=O. The molecule has 0 radical (unpaired) electrons. The summed E-state index contributed by atoms with van der Waals surface area (Å²) >= 11 is 0. The molecule has 86 valence electrons. The second kappa shape index (κ2) is 5.90. The lowest BCUT2D eigenvalue weighted by atomic mass is 10.1. The first kappa shape index (κ1) is 12.2. The Morgan fingerprint density at radius 3 is 2.62 bits per heavy atom. The lowest BCUT2D eigenvalue weighted by Crippen LogP contribution is -2.27. The van der Waals surface area contributed by atoms with Gasteiger partial charge in [-0.05, 0) is 19.1 Å². The predicted molar refractivity (Wildman–Crippen MR) is 60.6 cm³/mol. The quantitative estimate of drug-likeness (QED) is 0.765. The molecule has 1 N–H and O–H groups in total. The number of para-hydroxylation sites is 1. The molecule has 1 aromatic carbocycles. The van der Waals surface area contributed by atoms with E-state index >= 15 is 0 Å². The molecule has 1 rings (SSSR count). The maximum atomic E-state index is 11.8. The van der Waals surface area contributed by atoms with Gasteiger partial charge in [0.1, 0.15) is 5.75 Å². The van der Waals surface area contributed by atoms with Crippen LogP contribution in [0, 0.1) is 0 Å². The van der Waals surface area contributed by atoms with E-state index in [0.717, 1.165) is 0 Å². The summed E-state index contributed by atoms with van der Waals surface area (Å²) in [5.41, 5.74) is 0.498. The fourth-order valence-electron chi connectivity index (χ4n) is 1.28. The third-order valence-corrected chi connectivity index (χ3v) is 1.99. The third kappa shape index (κ3) is 3.38. The molecule has 0 bridgehead atoms. The maximum absolute atomic E-state index is 11.8. The molecule has 16 heavy (non-hydrogen) atoms. The summed E-state index contributed by atoms with van der Waals surface area (Å²) in [6, 6.07) is 7.00. The highest BCUT2D eigenvalue weighted by atomic mass is 16.5. The molecule has 0 atom stereocenters. The van der Waals surface area contributed by atoms with Gasteiger partial charge in [0.25, 0.3) is 0 Å². The largest absolute Gasteiger partial charge is 0.493 e. The van der Waals surface area contributed by atoms with Gasteiger partial charge in [-0.1, -0.05) is 12.1 Å². The van der Waals surface area contributed by atoms with Gasteiger partial charge in [0.05, 0.1) is 18.7 Å². The van der Waals surface area contributed by atoms with Crippen molar-refractivity contribution in [2.24, 2.45) is 0 Å². The van der Waals surface area contributed by atoms with Crippen LogP contribution < -0.4 is 10.1 Å². The van der Waals surface area contributed by atoms with Crippen molar-refractivity contribution in [3.05, 3.63) is 29.8 Å². The average molecular weight is 221 g/mol. The van der Waals surface area contributed by atoms with Crippen molar-refractivity contribution in [3.63, 3.8) is 0 Å². The van der Waals surface area contributed by atoms with Crippen molar-refractivity contribution in [2.45, 2.75) is 13.8 Å². The van der Waals surface area contributed by atoms with Crippen LogP contribution in [0.4, 0.5) is 0 Å². The molecular formula is C12H15NO3. The number of Topliss-reactive ketones (excluding diaryl/α,β-unsaturated/α-hetero) is 1. The predicted octanol–water partition coefficient (Wildman–Crippen LogP) is 1.40. The summed E-state index contributed by atoms with van der Waals surface area (Å²) in [5, 5.41) is 2.47. The smallest absolute Gasteiger partial charge is 0.217 e. The number of hydrogen-bond donors (Lipinski definition) is 1. The van der Waals surface area contributed by atoms with Crippen molar-refractivity contribution in [1.29, 1.82) is 0 Å². The first-order valence-corrected chi connectivity index (χ1v) is 5.14. The number of ether oxygens (including phenoxy) is 1. The molecule has 4 nitrogen and oxygen atoms in total. The van der Waals surface area contributed by atoms with E-state index < -0.39 is 0 Å². The van der Waals surface area contributed by atoms with Gasteiger partial charge in [-0.15, -0.1) is 0 Å². The first-order chi connectivity index (χ1) is 7.65. The van der Waals surface area contributed by atoms with Crippen molar-refractivity contribution < 1.29 is 14.3 Å². The van der Waals surface area contributed by atoms with E-state index in [2.05, 4.69) is 5.32 Å². The average Bonchev–Trinajstić information content (AvgIpc) is 2.27. The summed E-state index contributed by atoms with van der Waals surface area (Å²) in [6.45, 7) is 3.74. The summed E-state index contributed by atoms with van der Waals surface area (Å²) < 4.78 is 5.33. The molecule has 0 fully saturated rings. The first-order valence-electron chi connectivity index (χ1n) is 5.14. The highest BCUT2D eigenvalue weighted by molar-refractivity contribution is 6.01. The highest BCUT2D eigenvalue weighted by Crippen LogP contribution is 2.18. The summed E-state index contributed by atoms with van der Waals surface area (Å²) in [6.07, 6.45) is 0. The van der Waals surface area contributed by atoms with Gasteiger partial charge in [-0.25, -0.2) is 0 Å². The van der Waals surface area contributed by atoms with E-state index in [-0.39, 0.29) is 18.2 Å². The van der Waals surface area contributed by atoms with Crippen molar-refractivity contribution in [3.8, 4) is 5.75 Å². The van der Waals surface area contributed by atoms with Crippen LogP contribution in [-0.4, -0.2) is 24.8 Å². The summed E-state index contributed by atoms with van der Waals surface area (Å²) in [5.74, 6) is 0.182. The molecular weight excluding hydrogens is 206 g/mol. The van der Waals surface area contributed by atoms with Gasteiger partial charge in [0.15, 0.2) is 5.78 Å². The van der Waals surface area contributed by atoms with Gasteiger partial charge in [-0.3, -0.25) is 9.59 Å². The van der Waals surface area contributed by atoms with Crippen LogP contribution >= 0.6 is 0 Å². The van der Waals surface area contributed by atoms with Crippen LogP contribution in [0.3, 0.4) is 0 Å². The van der Waals surface area contributed by atoms with Crippen molar-refractivity contribution in [2.75, 3.05) is 13.2 Å². The monoisotopic (exact) mass is 221 g/mol. The van der Waals surface area contributed by atoms with E-state index in [1.54, 1.807) is 24.3 Å². The normalized spacial score (nSPS) is 9.62. The number of amides is 1. The fourth-order valence-corrected chi connectivity index (χ4v) is 1.28. The van der Waals surface area contributed by atoms with Crippen LogP contribution in [0.2, 0.25) is 0 Å². The van der Waals surface area contributed by atoms with E-state index in [0.29, 0.717) is 17.9 Å².